The van der Waals surface area contributed by atoms with Crippen LogP contribution in [0.1, 0.15) is 45.5 Å². The maximum Gasteiger partial charge on any atom is 0.195 e. The summed E-state index contributed by atoms with van der Waals surface area (Å²) in [6.07, 6.45) is 5.46. The molecule has 0 aliphatic heterocycles. The first-order chi connectivity index (χ1) is 16.0. The zero-order valence-electron chi connectivity index (χ0n) is 18.8. The lowest BCUT2D eigenvalue weighted by Crippen LogP contribution is -2.13. The van der Waals surface area contributed by atoms with Crippen molar-refractivity contribution in [1.82, 2.24) is 19.9 Å². The topological polar surface area (TPSA) is 91.0 Å². The lowest BCUT2D eigenvalue weighted by molar-refractivity contribution is 0.0977. The summed E-state index contributed by atoms with van der Waals surface area (Å²) in [5.41, 5.74) is 3.04. The molecule has 0 aliphatic carbocycles. The van der Waals surface area contributed by atoms with Crippen LogP contribution >= 0.6 is 0 Å². The highest BCUT2D eigenvalue weighted by Gasteiger charge is 2.18. The van der Waals surface area contributed by atoms with E-state index in [1.165, 1.54) is 6.33 Å². The van der Waals surface area contributed by atoms with Crippen molar-refractivity contribution in [2.24, 2.45) is 0 Å². The number of rotatable bonds is 10. The molecule has 33 heavy (non-hydrogen) atoms. The Balaban J connectivity index is 1.56. The Bertz CT molecular complexity index is 1260. The van der Waals surface area contributed by atoms with Crippen LogP contribution in [-0.4, -0.2) is 52.1 Å². The second-order valence-electron chi connectivity index (χ2n) is 8.23. The van der Waals surface area contributed by atoms with Gasteiger partial charge in [0.25, 0.3) is 0 Å². The van der Waals surface area contributed by atoms with E-state index in [4.69, 9.17) is 0 Å². The number of aromatic nitrogens is 3. The fraction of sp³-hybridized carbons (Fsp3) is 0.231. The van der Waals surface area contributed by atoms with Gasteiger partial charge in [0.15, 0.2) is 11.6 Å². The van der Waals surface area contributed by atoms with Gasteiger partial charge in [-0.1, -0.05) is 42.5 Å². The summed E-state index contributed by atoms with van der Waals surface area (Å²) in [7, 11) is 4.06. The van der Waals surface area contributed by atoms with Crippen molar-refractivity contribution in [2.45, 2.75) is 19.3 Å². The number of carbonyl (C=O) groups is 2. The van der Waals surface area contributed by atoms with E-state index in [0.29, 0.717) is 40.0 Å². The molecule has 0 radical (unpaired) electrons. The van der Waals surface area contributed by atoms with E-state index in [1.54, 1.807) is 18.3 Å². The molecular weight excluding hydrogens is 414 g/mol. The van der Waals surface area contributed by atoms with Crippen LogP contribution in [0.5, 0.6) is 0 Å². The molecule has 2 N–H and O–H groups in total. The predicted octanol–water partition coefficient (Wildman–Crippen LogP) is 4.85. The van der Waals surface area contributed by atoms with Gasteiger partial charge in [0.2, 0.25) is 0 Å². The molecule has 7 nitrogen and oxygen atoms in total. The molecule has 0 spiro atoms. The largest absolute Gasteiger partial charge is 0.345 e. The second-order valence-corrected chi connectivity index (χ2v) is 8.23. The predicted molar refractivity (Wildman–Crippen MR) is 130 cm³/mol. The standard InChI is InChI=1S/C26H27N5O2/c1-31(2)14-7-6-13-22(32)19-11-8-12-20(15-19)30-26-23-21(16-27-25(23)28-17-29-26)24(33)18-9-4-3-5-10-18/h3-5,8-12,15-17H,6-7,13-14H2,1-2H3,(H2,27,28,29,30). The summed E-state index contributed by atoms with van der Waals surface area (Å²) in [5, 5.41) is 3.89. The van der Waals surface area contributed by atoms with E-state index >= 15 is 0 Å². The lowest BCUT2D eigenvalue weighted by atomic mass is 10.0. The Morgan fingerprint density at radius 2 is 1.76 bits per heavy atom. The molecule has 0 fully saturated rings. The number of anilines is 2. The average molecular weight is 442 g/mol. The molecule has 0 amide bonds. The molecule has 0 saturated carbocycles. The summed E-state index contributed by atoms with van der Waals surface area (Å²) in [5.74, 6) is 0.518. The van der Waals surface area contributed by atoms with Crippen LogP contribution in [0.2, 0.25) is 0 Å². The van der Waals surface area contributed by atoms with Gasteiger partial charge in [-0.15, -0.1) is 0 Å². The number of H-pyrrole nitrogens is 1. The fourth-order valence-corrected chi connectivity index (χ4v) is 3.75. The number of benzene rings is 2. The molecule has 2 aromatic carbocycles. The van der Waals surface area contributed by atoms with Gasteiger partial charge in [0.1, 0.15) is 17.8 Å². The van der Waals surface area contributed by atoms with Gasteiger partial charge in [0, 0.05) is 29.4 Å². The van der Waals surface area contributed by atoms with Crippen LogP contribution in [0, 0.1) is 0 Å². The van der Waals surface area contributed by atoms with E-state index in [0.717, 1.165) is 25.1 Å². The van der Waals surface area contributed by atoms with Gasteiger partial charge in [-0.25, -0.2) is 9.97 Å². The summed E-state index contributed by atoms with van der Waals surface area (Å²) in [4.78, 5) is 39.6. The molecule has 2 aromatic heterocycles. The van der Waals surface area contributed by atoms with Gasteiger partial charge in [-0.3, -0.25) is 9.59 Å². The third kappa shape index (κ3) is 5.32. The average Bonchev–Trinajstić information content (AvgIpc) is 3.27. The van der Waals surface area contributed by atoms with Crippen molar-refractivity contribution < 1.29 is 9.59 Å². The van der Waals surface area contributed by atoms with Crippen LogP contribution in [-0.2, 0) is 0 Å². The smallest absolute Gasteiger partial charge is 0.195 e. The third-order valence-corrected chi connectivity index (χ3v) is 5.46. The number of ketones is 2. The third-order valence-electron chi connectivity index (χ3n) is 5.46. The molecule has 0 atom stereocenters. The number of hydrogen-bond donors (Lipinski definition) is 2. The highest BCUT2D eigenvalue weighted by atomic mass is 16.1. The van der Waals surface area contributed by atoms with E-state index in [2.05, 4.69) is 25.2 Å². The van der Waals surface area contributed by atoms with Gasteiger partial charge in [0.05, 0.1) is 10.9 Å². The lowest BCUT2D eigenvalue weighted by Gasteiger charge is -2.10. The molecule has 0 bridgehead atoms. The molecule has 0 aliphatic rings. The van der Waals surface area contributed by atoms with Crippen LogP contribution in [0.15, 0.2) is 67.1 Å². The van der Waals surface area contributed by atoms with Crippen LogP contribution < -0.4 is 5.32 Å². The maximum atomic E-state index is 13.1. The molecule has 168 valence electrons. The first kappa shape index (κ1) is 22.4. The minimum absolute atomic E-state index is 0.110. The normalized spacial score (nSPS) is 11.1. The van der Waals surface area contributed by atoms with Crippen molar-refractivity contribution >= 4 is 34.1 Å². The number of fused-ring (bicyclic) bond motifs is 1. The molecule has 2 heterocycles. The van der Waals surface area contributed by atoms with Gasteiger partial charge in [-0.2, -0.15) is 0 Å². The van der Waals surface area contributed by atoms with Crippen molar-refractivity contribution in [1.29, 1.82) is 0 Å². The van der Waals surface area contributed by atoms with E-state index in [1.807, 2.05) is 56.6 Å². The number of unbranched alkanes of at least 4 members (excludes halogenated alkanes) is 1. The van der Waals surface area contributed by atoms with Gasteiger partial charge < -0.3 is 15.2 Å². The number of Topliss-reactive ketones (excluding diaryl/α,β-unsaturated/α-hetero) is 1. The maximum absolute atomic E-state index is 13.1. The van der Waals surface area contributed by atoms with Crippen LogP contribution in [0.4, 0.5) is 11.5 Å². The van der Waals surface area contributed by atoms with Crippen LogP contribution in [0.25, 0.3) is 11.0 Å². The fourth-order valence-electron chi connectivity index (χ4n) is 3.75. The molecule has 4 rings (SSSR count). The van der Waals surface area contributed by atoms with Crippen molar-refractivity contribution in [3.63, 3.8) is 0 Å². The summed E-state index contributed by atoms with van der Waals surface area (Å²) in [6.45, 7) is 0.972. The number of nitrogens with one attached hydrogen (secondary N) is 2. The Hall–Kier alpha value is -3.84. The molecule has 0 saturated heterocycles. The Kier molecular flexibility index (Phi) is 6.90. The minimum atomic E-state index is -0.110. The summed E-state index contributed by atoms with van der Waals surface area (Å²) < 4.78 is 0. The van der Waals surface area contributed by atoms with Crippen molar-refractivity contribution in [3.8, 4) is 0 Å². The second kappa shape index (κ2) is 10.2. The summed E-state index contributed by atoms with van der Waals surface area (Å²) in [6, 6.07) is 16.5. The first-order valence-electron chi connectivity index (χ1n) is 11.0. The zero-order chi connectivity index (χ0) is 23.2. The Morgan fingerprint density at radius 1 is 0.970 bits per heavy atom. The summed E-state index contributed by atoms with van der Waals surface area (Å²) >= 11 is 0. The number of hydrogen-bond acceptors (Lipinski definition) is 6. The molecule has 7 heteroatoms. The quantitative estimate of drug-likeness (QED) is 0.270. The molecular formula is C26H27N5O2. The Labute approximate surface area is 192 Å². The minimum Gasteiger partial charge on any atom is -0.345 e. The van der Waals surface area contributed by atoms with Crippen molar-refractivity contribution in [3.05, 3.63) is 83.8 Å². The monoisotopic (exact) mass is 441 g/mol. The van der Waals surface area contributed by atoms with E-state index < -0.39 is 0 Å². The van der Waals surface area contributed by atoms with E-state index in [9.17, 15) is 9.59 Å². The highest BCUT2D eigenvalue weighted by molar-refractivity contribution is 6.18. The molecule has 0 unspecified atom stereocenters. The number of carbonyl (C=O) groups excluding carboxylic acids is 2. The van der Waals surface area contributed by atoms with E-state index in [-0.39, 0.29) is 11.6 Å². The zero-order valence-corrected chi connectivity index (χ0v) is 18.8. The van der Waals surface area contributed by atoms with Gasteiger partial charge >= 0.3 is 0 Å². The SMILES string of the molecule is CN(C)CCCCC(=O)c1cccc(Nc2ncnc3[nH]cc(C(=O)c4ccccc4)c23)c1. The van der Waals surface area contributed by atoms with Gasteiger partial charge in [-0.05, 0) is 45.6 Å². The Morgan fingerprint density at radius 3 is 2.55 bits per heavy atom. The first-order valence-corrected chi connectivity index (χ1v) is 11.0. The number of nitrogens with zero attached hydrogens (tertiary/aromatic N) is 3. The highest BCUT2D eigenvalue weighted by Crippen LogP contribution is 2.28. The van der Waals surface area contributed by atoms with Crippen LogP contribution in [0.3, 0.4) is 0 Å². The number of aromatic amines is 1. The van der Waals surface area contributed by atoms with Crippen molar-refractivity contribution in [2.75, 3.05) is 26.0 Å². The molecule has 4 aromatic rings.